The zero-order valence-corrected chi connectivity index (χ0v) is 11.4. The molecule has 5 nitrogen and oxygen atoms in total. The van der Waals surface area contributed by atoms with Gasteiger partial charge in [-0.05, 0) is 24.1 Å². The van der Waals surface area contributed by atoms with Crippen LogP contribution in [-0.4, -0.2) is 39.1 Å². The van der Waals surface area contributed by atoms with E-state index in [-0.39, 0.29) is 30.0 Å². The zero-order chi connectivity index (χ0) is 16.0. The molecule has 0 saturated heterocycles. The highest BCUT2D eigenvalue weighted by Crippen LogP contribution is 2.29. The van der Waals surface area contributed by atoms with E-state index < -0.39 is 12.1 Å². The Hall–Kier alpha value is -2.25. The third-order valence-corrected chi connectivity index (χ3v) is 2.68. The number of benzene rings is 1. The summed E-state index contributed by atoms with van der Waals surface area (Å²) in [5.74, 6) is -1.49. The van der Waals surface area contributed by atoms with E-state index in [2.05, 4.69) is 0 Å². The van der Waals surface area contributed by atoms with E-state index in [9.17, 15) is 22.8 Å². The van der Waals surface area contributed by atoms with Crippen molar-refractivity contribution in [2.24, 2.45) is 0 Å². The van der Waals surface area contributed by atoms with Crippen LogP contribution in [0.15, 0.2) is 12.1 Å². The predicted octanol–water partition coefficient (Wildman–Crippen LogP) is 1.74. The number of carbonyl (C=O) groups is 2. The Kier molecular flexibility index (Phi) is 5.57. The minimum absolute atomic E-state index is 0.133. The van der Waals surface area contributed by atoms with Crippen LogP contribution < -0.4 is 14.8 Å². The van der Waals surface area contributed by atoms with E-state index in [4.69, 9.17) is 9.47 Å². The van der Waals surface area contributed by atoms with Crippen LogP contribution in [0.4, 0.5) is 13.2 Å². The molecule has 0 radical (unpaired) electrons. The highest BCUT2D eigenvalue weighted by atomic mass is 19.4. The van der Waals surface area contributed by atoms with Crippen LogP contribution in [0.2, 0.25) is 0 Å². The Labute approximate surface area is 119 Å². The third-order valence-electron chi connectivity index (χ3n) is 2.68. The lowest BCUT2D eigenvalue weighted by Gasteiger charge is -2.12. The van der Waals surface area contributed by atoms with Crippen molar-refractivity contribution < 1.29 is 32.2 Å². The highest BCUT2D eigenvalue weighted by Gasteiger charge is 2.38. The summed E-state index contributed by atoms with van der Waals surface area (Å²) < 4.78 is 46.1. The molecule has 0 aromatic heterocycles. The SMILES string of the molecule is COc1cc(CCNC(=O)C(F)(F)F)cc(OC)c1C=O. The summed E-state index contributed by atoms with van der Waals surface area (Å²) in [5.41, 5.74) is 0.778. The summed E-state index contributed by atoms with van der Waals surface area (Å²) in [6, 6.07) is 3.01. The number of hydrogen-bond acceptors (Lipinski definition) is 4. The van der Waals surface area contributed by atoms with Crippen molar-refractivity contribution in [2.75, 3.05) is 20.8 Å². The molecular weight excluding hydrogens is 291 g/mol. The van der Waals surface area contributed by atoms with Gasteiger partial charge in [-0.3, -0.25) is 9.59 Å². The summed E-state index contributed by atoms with van der Waals surface area (Å²) in [4.78, 5) is 21.6. The van der Waals surface area contributed by atoms with Crippen molar-refractivity contribution in [3.63, 3.8) is 0 Å². The molecule has 0 unspecified atom stereocenters. The molecule has 0 atom stereocenters. The van der Waals surface area contributed by atoms with Gasteiger partial charge in [-0.2, -0.15) is 13.2 Å². The van der Waals surface area contributed by atoms with Gasteiger partial charge in [-0.15, -0.1) is 0 Å². The van der Waals surface area contributed by atoms with Crippen LogP contribution in [0.3, 0.4) is 0 Å². The number of amides is 1. The molecule has 1 N–H and O–H groups in total. The summed E-state index contributed by atoms with van der Waals surface area (Å²) in [6.45, 7) is -0.203. The van der Waals surface area contributed by atoms with Gasteiger partial charge in [0.2, 0.25) is 0 Å². The fourth-order valence-electron chi connectivity index (χ4n) is 1.67. The normalized spacial score (nSPS) is 10.9. The van der Waals surface area contributed by atoms with Crippen LogP contribution >= 0.6 is 0 Å². The lowest BCUT2D eigenvalue weighted by molar-refractivity contribution is -0.173. The van der Waals surface area contributed by atoms with Crippen LogP contribution in [0.5, 0.6) is 11.5 Å². The van der Waals surface area contributed by atoms with Gasteiger partial charge in [-0.1, -0.05) is 0 Å². The Morgan fingerprint density at radius 2 is 1.76 bits per heavy atom. The molecule has 0 saturated carbocycles. The number of rotatable bonds is 6. The first-order valence-electron chi connectivity index (χ1n) is 5.88. The molecule has 0 spiro atoms. The van der Waals surface area contributed by atoms with Crippen molar-refractivity contribution in [3.8, 4) is 11.5 Å². The minimum atomic E-state index is -4.91. The maximum Gasteiger partial charge on any atom is 0.471 e. The lowest BCUT2D eigenvalue weighted by Crippen LogP contribution is -2.37. The molecule has 0 bridgehead atoms. The number of ether oxygens (including phenoxy) is 2. The van der Waals surface area contributed by atoms with Crippen molar-refractivity contribution in [2.45, 2.75) is 12.6 Å². The van der Waals surface area contributed by atoms with Crippen LogP contribution in [0, 0.1) is 0 Å². The van der Waals surface area contributed by atoms with Crippen molar-refractivity contribution in [1.29, 1.82) is 0 Å². The Morgan fingerprint density at radius 1 is 1.24 bits per heavy atom. The lowest BCUT2D eigenvalue weighted by atomic mass is 10.1. The molecule has 0 aliphatic heterocycles. The van der Waals surface area contributed by atoms with E-state index in [0.717, 1.165) is 0 Å². The second kappa shape index (κ2) is 6.96. The number of nitrogens with one attached hydrogen (secondary N) is 1. The largest absolute Gasteiger partial charge is 0.496 e. The number of methoxy groups -OCH3 is 2. The van der Waals surface area contributed by atoms with Gasteiger partial charge < -0.3 is 14.8 Å². The van der Waals surface area contributed by atoms with Crippen molar-refractivity contribution >= 4 is 12.2 Å². The first kappa shape index (κ1) is 16.8. The molecule has 1 aromatic rings. The fraction of sp³-hybridized carbons (Fsp3) is 0.385. The van der Waals surface area contributed by atoms with Crippen LogP contribution in [0.1, 0.15) is 15.9 Å². The highest BCUT2D eigenvalue weighted by molar-refractivity contribution is 5.84. The average Bonchev–Trinajstić information content (AvgIpc) is 2.44. The average molecular weight is 305 g/mol. The maximum absolute atomic E-state index is 12.0. The third kappa shape index (κ3) is 4.37. The first-order valence-corrected chi connectivity index (χ1v) is 5.88. The van der Waals surface area contributed by atoms with Gasteiger partial charge in [0.1, 0.15) is 11.5 Å². The van der Waals surface area contributed by atoms with E-state index in [1.165, 1.54) is 26.4 Å². The van der Waals surface area contributed by atoms with Crippen LogP contribution in [-0.2, 0) is 11.2 Å². The number of hydrogen-bond donors (Lipinski definition) is 1. The van der Waals surface area contributed by atoms with E-state index in [0.29, 0.717) is 11.8 Å². The molecular formula is C13H14F3NO4. The van der Waals surface area contributed by atoms with Crippen molar-refractivity contribution in [1.82, 2.24) is 5.32 Å². The Balaban J connectivity index is 2.81. The van der Waals surface area contributed by atoms with Crippen LogP contribution in [0.25, 0.3) is 0 Å². The molecule has 8 heteroatoms. The quantitative estimate of drug-likeness (QED) is 0.813. The van der Waals surface area contributed by atoms with Gasteiger partial charge in [-0.25, -0.2) is 0 Å². The molecule has 0 heterocycles. The van der Waals surface area contributed by atoms with Crippen molar-refractivity contribution in [3.05, 3.63) is 23.3 Å². The molecule has 21 heavy (non-hydrogen) atoms. The van der Waals surface area contributed by atoms with E-state index >= 15 is 0 Å². The molecule has 0 aliphatic rings. The molecule has 1 rings (SSSR count). The second-order valence-corrected chi connectivity index (χ2v) is 4.04. The number of halogens is 3. The molecule has 0 fully saturated rings. The van der Waals surface area contributed by atoms with E-state index in [1.54, 1.807) is 5.32 Å². The molecule has 1 aromatic carbocycles. The summed E-state index contributed by atoms with van der Waals surface area (Å²) in [7, 11) is 2.72. The monoisotopic (exact) mass is 305 g/mol. The first-order chi connectivity index (χ1) is 9.83. The topological polar surface area (TPSA) is 64.6 Å². The second-order valence-electron chi connectivity index (χ2n) is 4.04. The summed E-state index contributed by atoms with van der Waals surface area (Å²) in [5, 5.41) is 1.76. The number of alkyl halides is 3. The smallest absolute Gasteiger partial charge is 0.471 e. The Morgan fingerprint density at radius 3 is 2.14 bits per heavy atom. The van der Waals surface area contributed by atoms with Gasteiger partial charge in [0.05, 0.1) is 19.8 Å². The summed E-state index contributed by atoms with van der Waals surface area (Å²) >= 11 is 0. The van der Waals surface area contributed by atoms with Gasteiger partial charge in [0.15, 0.2) is 6.29 Å². The number of aldehydes is 1. The minimum Gasteiger partial charge on any atom is -0.496 e. The van der Waals surface area contributed by atoms with Gasteiger partial charge in [0.25, 0.3) is 0 Å². The molecule has 0 aliphatic carbocycles. The van der Waals surface area contributed by atoms with E-state index in [1.807, 2.05) is 0 Å². The predicted molar refractivity (Wildman–Crippen MR) is 67.7 cm³/mol. The Bertz CT molecular complexity index is 504. The fourth-order valence-corrected chi connectivity index (χ4v) is 1.67. The molecule has 116 valence electrons. The van der Waals surface area contributed by atoms with Gasteiger partial charge in [0, 0.05) is 6.54 Å². The maximum atomic E-state index is 12.0. The summed E-state index contributed by atoms with van der Waals surface area (Å²) in [6.07, 6.45) is -4.21. The molecule has 1 amide bonds. The van der Waals surface area contributed by atoms with Gasteiger partial charge >= 0.3 is 12.1 Å². The standard InChI is InChI=1S/C13H14F3NO4/c1-20-10-5-8(6-11(21-2)9(10)7-18)3-4-17-12(19)13(14,15)16/h5-7H,3-4H2,1-2H3,(H,17,19). The zero-order valence-electron chi connectivity index (χ0n) is 11.4. The number of carbonyl (C=O) groups excluding carboxylic acids is 2.